The number of aryl methyl sites for hydroxylation is 1. The Morgan fingerprint density at radius 3 is 2.85 bits per heavy atom. The molecule has 20 heavy (non-hydrogen) atoms. The number of hydrogen-bond donors (Lipinski definition) is 1. The van der Waals surface area contributed by atoms with Crippen LogP contribution in [0.3, 0.4) is 0 Å². The molecule has 0 saturated carbocycles. The number of benzene rings is 1. The monoisotopic (exact) mass is 309 g/mol. The first kappa shape index (κ1) is 13.1. The molecule has 2 aromatic rings. The van der Waals surface area contributed by atoms with E-state index in [4.69, 9.17) is 4.74 Å². The van der Waals surface area contributed by atoms with Crippen molar-refractivity contribution in [2.75, 3.05) is 4.72 Å². The van der Waals surface area contributed by atoms with Crippen LogP contribution in [0.4, 0.5) is 5.69 Å². The third-order valence-corrected chi connectivity index (χ3v) is 5.73. The van der Waals surface area contributed by atoms with Crippen LogP contribution < -0.4 is 9.46 Å². The lowest BCUT2D eigenvalue weighted by Gasteiger charge is -2.10. The van der Waals surface area contributed by atoms with Crippen LogP contribution in [-0.4, -0.2) is 14.4 Å². The summed E-state index contributed by atoms with van der Waals surface area (Å²) in [7, 11) is -3.60. The number of ether oxygens (including phenoxy) is 1. The van der Waals surface area contributed by atoms with Gasteiger partial charge in [0, 0.05) is 11.6 Å². The Morgan fingerprint density at radius 1 is 1.35 bits per heavy atom. The zero-order valence-corrected chi connectivity index (χ0v) is 12.2. The van der Waals surface area contributed by atoms with Crippen molar-refractivity contribution < 1.29 is 17.9 Å². The Bertz CT molecular complexity index is 779. The Labute approximate surface area is 120 Å². The summed E-state index contributed by atoms with van der Waals surface area (Å²) in [6, 6.07) is 6.54. The normalized spacial score (nSPS) is 13.9. The molecule has 1 aliphatic heterocycles. The second-order valence-electron chi connectivity index (χ2n) is 4.46. The molecule has 5 nitrogen and oxygen atoms in total. The molecule has 7 heteroatoms. The van der Waals surface area contributed by atoms with Gasteiger partial charge in [-0.15, -0.1) is 11.3 Å². The van der Waals surface area contributed by atoms with Gasteiger partial charge in [-0.05, 0) is 30.0 Å². The lowest BCUT2D eigenvalue weighted by Crippen LogP contribution is -2.12. The number of fused-ring (bicyclic) bond motifs is 1. The maximum atomic E-state index is 12.2. The predicted octanol–water partition coefficient (Wildman–Crippen LogP) is 2.32. The van der Waals surface area contributed by atoms with Gasteiger partial charge in [0.2, 0.25) is 0 Å². The van der Waals surface area contributed by atoms with E-state index in [-0.39, 0.29) is 16.6 Å². The Hall–Kier alpha value is -1.86. The van der Waals surface area contributed by atoms with E-state index in [1.165, 1.54) is 6.07 Å². The molecule has 104 valence electrons. The topological polar surface area (TPSA) is 72.5 Å². The van der Waals surface area contributed by atoms with Gasteiger partial charge in [-0.2, -0.15) is 0 Å². The first-order chi connectivity index (χ1) is 9.45. The molecule has 2 heterocycles. The van der Waals surface area contributed by atoms with Crippen LogP contribution in [0.1, 0.15) is 11.1 Å². The quantitative estimate of drug-likeness (QED) is 0.697. The van der Waals surface area contributed by atoms with E-state index in [2.05, 4.69) is 4.72 Å². The average molecular weight is 309 g/mol. The summed E-state index contributed by atoms with van der Waals surface area (Å²) in [5.41, 5.74) is 1.96. The van der Waals surface area contributed by atoms with Crippen LogP contribution in [0.2, 0.25) is 0 Å². The number of sulfonamides is 1. The van der Waals surface area contributed by atoms with Gasteiger partial charge < -0.3 is 4.74 Å². The summed E-state index contributed by atoms with van der Waals surface area (Å²) in [5, 5.41) is 1.70. The molecule has 0 saturated heterocycles. The van der Waals surface area contributed by atoms with Gasteiger partial charge in [0.15, 0.2) is 0 Å². The summed E-state index contributed by atoms with van der Waals surface area (Å²) >= 11 is 1.14. The molecule has 0 bridgehead atoms. The van der Waals surface area contributed by atoms with Crippen molar-refractivity contribution in [2.45, 2.75) is 17.6 Å². The van der Waals surface area contributed by atoms with Crippen molar-refractivity contribution >= 4 is 33.0 Å². The van der Waals surface area contributed by atoms with Crippen molar-refractivity contribution in [2.24, 2.45) is 0 Å². The molecule has 0 radical (unpaired) electrons. The molecule has 0 aliphatic carbocycles. The van der Waals surface area contributed by atoms with Gasteiger partial charge in [0.25, 0.3) is 10.0 Å². The molecule has 0 fully saturated rings. The minimum atomic E-state index is -3.60. The largest absolute Gasteiger partial charge is 0.426 e. The Balaban J connectivity index is 1.97. The fourth-order valence-electron chi connectivity index (χ4n) is 2.02. The van der Waals surface area contributed by atoms with Crippen molar-refractivity contribution in [3.63, 3.8) is 0 Å². The van der Waals surface area contributed by atoms with Gasteiger partial charge in [-0.3, -0.25) is 9.52 Å². The summed E-state index contributed by atoms with van der Waals surface area (Å²) in [5.74, 6) is 0.0992. The van der Waals surface area contributed by atoms with Gasteiger partial charge in [0.05, 0.1) is 12.1 Å². The van der Waals surface area contributed by atoms with Crippen LogP contribution in [0.15, 0.2) is 33.9 Å². The SMILES string of the molecule is Cc1cc2c(cc1NS(=O)(=O)c1cccs1)OC(=O)C2. The second-order valence-corrected chi connectivity index (χ2v) is 7.32. The van der Waals surface area contributed by atoms with Crippen LogP contribution >= 0.6 is 11.3 Å². The molecule has 0 atom stereocenters. The summed E-state index contributed by atoms with van der Waals surface area (Å²) in [6.07, 6.45) is 0.230. The second kappa shape index (κ2) is 4.60. The zero-order chi connectivity index (χ0) is 14.3. The van der Waals surface area contributed by atoms with E-state index in [0.29, 0.717) is 11.4 Å². The maximum absolute atomic E-state index is 12.2. The number of anilines is 1. The minimum Gasteiger partial charge on any atom is -0.426 e. The van der Waals surface area contributed by atoms with Crippen LogP contribution in [0.25, 0.3) is 0 Å². The predicted molar refractivity (Wildman–Crippen MR) is 75.6 cm³/mol. The number of rotatable bonds is 3. The third kappa shape index (κ3) is 2.30. The molecule has 1 aromatic carbocycles. The molecule has 0 amide bonds. The van der Waals surface area contributed by atoms with Gasteiger partial charge in [-0.1, -0.05) is 6.07 Å². The fourth-order valence-corrected chi connectivity index (χ4v) is 4.13. The van der Waals surface area contributed by atoms with Gasteiger partial charge >= 0.3 is 5.97 Å². The van der Waals surface area contributed by atoms with Crippen LogP contribution in [-0.2, 0) is 21.2 Å². The van der Waals surface area contributed by atoms with E-state index in [9.17, 15) is 13.2 Å². The number of hydrogen-bond acceptors (Lipinski definition) is 5. The molecule has 0 spiro atoms. The smallest absolute Gasteiger partial charge is 0.315 e. The highest BCUT2D eigenvalue weighted by Crippen LogP contribution is 2.33. The molecule has 1 aromatic heterocycles. The maximum Gasteiger partial charge on any atom is 0.315 e. The lowest BCUT2D eigenvalue weighted by atomic mass is 10.1. The highest BCUT2D eigenvalue weighted by molar-refractivity contribution is 7.94. The lowest BCUT2D eigenvalue weighted by molar-refractivity contribution is -0.131. The first-order valence-corrected chi connectivity index (χ1v) is 8.22. The molecule has 3 rings (SSSR count). The molecule has 1 aliphatic rings. The van der Waals surface area contributed by atoms with E-state index < -0.39 is 10.0 Å². The average Bonchev–Trinajstić information content (AvgIpc) is 2.98. The highest BCUT2D eigenvalue weighted by Gasteiger charge is 2.23. The summed E-state index contributed by atoms with van der Waals surface area (Å²) in [4.78, 5) is 11.2. The fraction of sp³-hybridized carbons (Fsp3) is 0.154. The van der Waals surface area contributed by atoms with Crippen LogP contribution in [0, 0.1) is 6.92 Å². The van der Waals surface area contributed by atoms with E-state index in [1.807, 2.05) is 0 Å². The summed E-state index contributed by atoms with van der Waals surface area (Å²) < 4.78 is 32.1. The number of thiophene rings is 1. The number of carbonyl (C=O) groups excluding carboxylic acids is 1. The molecule has 0 unspecified atom stereocenters. The number of nitrogens with one attached hydrogen (secondary N) is 1. The van der Waals surface area contributed by atoms with Crippen molar-refractivity contribution in [3.05, 3.63) is 40.8 Å². The molecule has 1 N–H and O–H groups in total. The number of carbonyl (C=O) groups is 1. The standard InChI is InChI=1S/C13H11NO4S2/c1-8-5-9-6-12(15)18-11(9)7-10(8)14-20(16,17)13-3-2-4-19-13/h2-5,7,14H,6H2,1H3. The van der Waals surface area contributed by atoms with Crippen molar-refractivity contribution in [1.29, 1.82) is 0 Å². The van der Waals surface area contributed by atoms with Crippen molar-refractivity contribution in [1.82, 2.24) is 0 Å². The molecular weight excluding hydrogens is 298 g/mol. The summed E-state index contributed by atoms with van der Waals surface area (Å²) in [6.45, 7) is 1.79. The Morgan fingerprint density at radius 2 is 2.15 bits per heavy atom. The van der Waals surface area contributed by atoms with Crippen LogP contribution in [0.5, 0.6) is 5.75 Å². The van der Waals surface area contributed by atoms with E-state index >= 15 is 0 Å². The third-order valence-electron chi connectivity index (χ3n) is 2.97. The zero-order valence-electron chi connectivity index (χ0n) is 10.5. The minimum absolute atomic E-state index is 0.230. The van der Waals surface area contributed by atoms with Gasteiger partial charge in [-0.25, -0.2) is 8.42 Å². The highest BCUT2D eigenvalue weighted by atomic mass is 32.2. The van der Waals surface area contributed by atoms with E-state index in [1.54, 1.807) is 30.5 Å². The van der Waals surface area contributed by atoms with E-state index in [0.717, 1.165) is 22.5 Å². The number of esters is 1. The van der Waals surface area contributed by atoms with Crippen molar-refractivity contribution in [3.8, 4) is 5.75 Å². The van der Waals surface area contributed by atoms with Gasteiger partial charge in [0.1, 0.15) is 9.96 Å². The first-order valence-electron chi connectivity index (χ1n) is 5.86. The Kier molecular flexibility index (Phi) is 3.02. The molecular formula is C13H11NO4S2.